The van der Waals surface area contributed by atoms with Crippen LogP contribution in [0.1, 0.15) is 25.7 Å². The van der Waals surface area contributed by atoms with Gasteiger partial charge in [-0.3, -0.25) is 9.59 Å². The summed E-state index contributed by atoms with van der Waals surface area (Å²) in [5, 5.41) is 5.11. The Morgan fingerprint density at radius 3 is 2.59 bits per heavy atom. The number of nitrogens with one attached hydrogen (secondary N) is 2. The molecule has 37 heavy (non-hydrogen) atoms. The molecule has 3 aliphatic rings. The summed E-state index contributed by atoms with van der Waals surface area (Å²) in [7, 11) is -3.91. The van der Waals surface area contributed by atoms with Gasteiger partial charge in [0.1, 0.15) is 6.04 Å². The van der Waals surface area contributed by atoms with E-state index >= 15 is 0 Å². The smallest absolute Gasteiger partial charge is 0.242 e. The summed E-state index contributed by atoms with van der Waals surface area (Å²) in [5.41, 5.74) is 0. The van der Waals surface area contributed by atoms with E-state index in [1.54, 1.807) is 18.2 Å². The highest BCUT2D eigenvalue weighted by Crippen LogP contribution is 2.24. The summed E-state index contributed by atoms with van der Waals surface area (Å²) in [6.45, 7) is 5.53. The molecule has 11 heteroatoms. The van der Waals surface area contributed by atoms with Crippen molar-refractivity contribution in [1.29, 1.82) is 0 Å². The maximum Gasteiger partial charge on any atom is 0.242 e. The Hall–Kier alpha value is -2.05. The number of nitrogens with zero attached hydrogens (tertiary/aromatic N) is 3. The van der Waals surface area contributed by atoms with Crippen molar-refractivity contribution in [3.05, 3.63) is 40.9 Å². The van der Waals surface area contributed by atoms with Gasteiger partial charge in [-0.1, -0.05) is 28.1 Å². The third-order valence-electron chi connectivity index (χ3n) is 7.58. The minimum Gasteiger partial charge on any atom is -0.334 e. The Balaban J connectivity index is 1.24. The number of benzene rings is 2. The van der Waals surface area contributed by atoms with Crippen molar-refractivity contribution in [1.82, 2.24) is 24.7 Å². The zero-order valence-corrected chi connectivity index (χ0v) is 23.3. The van der Waals surface area contributed by atoms with Crippen LogP contribution in [0.4, 0.5) is 0 Å². The van der Waals surface area contributed by atoms with Gasteiger partial charge >= 0.3 is 0 Å². The number of hydrogen-bond acceptors (Lipinski definition) is 6. The fourth-order valence-electron chi connectivity index (χ4n) is 5.59. The average molecular weight is 593 g/mol. The van der Waals surface area contributed by atoms with E-state index in [1.165, 1.54) is 17.7 Å². The van der Waals surface area contributed by atoms with E-state index in [0.29, 0.717) is 25.9 Å². The normalized spacial score (nSPS) is 23.6. The van der Waals surface area contributed by atoms with Crippen molar-refractivity contribution in [3.8, 4) is 0 Å². The first-order chi connectivity index (χ1) is 17.8. The highest BCUT2D eigenvalue weighted by molar-refractivity contribution is 9.10. The zero-order chi connectivity index (χ0) is 26.0. The van der Waals surface area contributed by atoms with E-state index in [9.17, 15) is 18.0 Å². The number of fused-ring (bicyclic) bond motifs is 1. The molecule has 0 aliphatic carbocycles. The van der Waals surface area contributed by atoms with Crippen molar-refractivity contribution >= 4 is 48.5 Å². The number of rotatable bonds is 7. The first-order valence-corrected chi connectivity index (χ1v) is 15.3. The van der Waals surface area contributed by atoms with E-state index in [1.807, 2.05) is 23.1 Å². The number of carbonyl (C=O) groups is 2. The lowest BCUT2D eigenvalue weighted by atomic mass is 10.1. The van der Waals surface area contributed by atoms with Gasteiger partial charge in [-0.2, -0.15) is 4.72 Å². The van der Waals surface area contributed by atoms with Crippen molar-refractivity contribution in [2.45, 2.75) is 42.7 Å². The van der Waals surface area contributed by atoms with Crippen molar-refractivity contribution in [2.24, 2.45) is 0 Å². The lowest BCUT2D eigenvalue weighted by Crippen LogP contribution is -2.60. The minimum absolute atomic E-state index is 0.0155. The van der Waals surface area contributed by atoms with Gasteiger partial charge in [0.05, 0.1) is 17.5 Å². The molecule has 9 nitrogen and oxygen atoms in total. The monoisotopic (exact) mass is 591 g/mol. The molecule has 3 aliphatic heterocycles. The van der Waals surface area contributed by atoms with Gasteiger partial charge in [0, 0.05) is 37.2 Å². The SMILES string of the molecule is O=C1C(NS(=O)(=O)c2ccc3cc(Br)ccc3c2)CCCN1CC(=O)N1CCNCC1CN1CCCC1. The summed E-state index contributed by atoms with van der Waals surface area (Å²) in [6.07, 6.45) is 3.44. The van der Waals surface area contributed by atoms with Crippen LogP contribution in [-0.2, 0) is 19.6 Å². The molecule has 2 amide bonds. The van der Waals surface area contributed by atoms with Gasteiger partial charge in [-0.05, 0) is 73.8 Å². The highest BCUT2D eigenvalue weighted by Gasteiger charge is 2.36. The Labute approximate surface area is 226 Å². The molecular weight excluding hydrogens is 558 g/mol. The van der Waals surface area contributed by atoms with Crippen LogP contribution in [0.5, 0.6) is 0 Å². The van der Waals surface area contributed by atoms with Crippen LogP contribution in [0.15, 0.2) is 45.8 Å². The summed E-state index contributed by atoms with van der Waals surface area (Å²) in [4.78, 5) is 32.5. The van der Waals surface area contributed by atoms with Crippen molar-refractivity contribution in [2.75, 3.05) is 52.4 Å². The molecule has 2 aromatic carbocycles. The van der Waals surface area contributed by atoms with E-state index in [-0.39, 0.29) is 29.3 Å². The third-order valence-corrected chi connectivity index (χ3v) is 9.54. The Morgan fingerprint density at radius 1 is 1.03 bits per heavy atom. The molecule has 3 saturated heterocycles. The van der Waals surface area contributed by atoms with Crippen LogP contribution in [0.3, 0.4) is 0 Å². The lowest BCUT2D eigenvalue weighted by Gasteiger charge is -2.40. The zero-order valence-electron chi connectivity index (χ0n) is 20.9. The van der Waals surface area contributed by atoms with E-state index in [4.69, 9.17) is 0 Å². The molecular formula is C26H34BrN5O4S. The van der Waals surface area contributed by atoms with E-state index < -0.39 is 16.1 Å². The summed E-state index contributed by atoms with van der Waals surface area (Å²) >= 11 is 3.43. The summed E-state index contributed by atoms with van der Waals surface area (Å²) < 4.78 is 29.8. The standard InChI is InChI=1S/C26H34BrN5O4S/c27-21-7-5-20-15-23(8-6-19(20)14-21)37(35,36)29-24-4-3-12-31(26(24)34)18-25(33)32-13-9-28-16-22(32)17-30-10-1-2-11-30/h5-8,14-15,22,24,28-29H,1-4,9-13,16-18H2. The van der Waals surface area contributed by atoms with Gasteiger partial charge < -0.3 is 20.0 Å². The average Bonchev–Trinajstić information content (AvgIpc) is 3.39. The third kappa shape index (κ3) is 6.17. The van der Waals surface area contributed by atoms with Crippen molar-refractivity contribution in [3.63, 3.8) is 0 Å². The van der Waals surface area contributed by atoms with Crippen LogP contribution >= 0.6 is 15.9 Å². The second-order valence-electron chi connectivity index (χ2n) is 10.2. The molecule has 0 radical (unpaired) electrons. The first kappa shape index (κ1) is 26.6. The molecule has 0 spiro atoms. The predicted octanol–water partition coefficient (Wildman–Crippen LogP) is 1.77. The summed E-state index contributed by atoms with van der Waals surface area (Å²) in [5.74, 6) is -0.401. The Bertz CT molecular complexity index is 1270. The van der Waals surface area contributed by atoms with Crippen LogP contribution in [0, 0.1) is 0 Å². The van der Waals surface area contributed by atoms with E-state index in [2.05, 4.69) is 30.9 Å². The molecule has 2 atom stereocenters. The maximum atomic E-state index is 13.3. The molecule has 2 aromatic rings. The molecule has 200 valence electrons. The van der Waals surface area contributed by atoms with Gasteiger partial charge in [-0.25, -0.2) is 8.42 Å². The Kier molecular flexibility index (Phi) is 8.16. The predicted molar refractivity (Wildman–Crippen MR) is 146 cm³/mol. The van der Waals surface area contributed by atoms with Crippen LogP contribution in [0.2, 0.25) is 0 Å². The highest BCUT2D eigenvalue weighted by atomic mass is 79.9. The largest absolute Gasteiger partial charge is 0.334 e. The maximum absolute atomic E-state index is 13.3. The Morgan fingerprint density at radius 2 is 1.78 bits per heavy atom. The fourth-order valence-corrected chi connectivity index (χ4v) is 7.23. The molecule has 3 heterocycles. The number of piperidine rings is 1. The minimum atomic E-state index is -3.91. The van der Waals surface area contributed by atoms with Crippen LogP contribution < -0.4 is 10.0 Å². The first-order valence-electron chi connectivity index (χ1n) is 13.0. The fraction of sp³-hybridized carbons (Fsp3) is 0.538. The number of amides is 2. The number of likely N-dealkylation sites (tertiary alicyclic amines) is 2. The summed E-state index contributed by atoms with van der Waals surface area (Å²) in [6, 6.07) is 9.77. The number of hydrogen-bond donors (Lipinski definition) is 2. The molecule has 3 fully saturated rings. The van der Waals surface area contributed by atoms with Crippen LogP contribution in [0.25, 0.3) is 10.8 Å². The molecule has 2 unspecified atom stereocenters. The second-order valence-corrected chi connectivity index (χ2v) is 12.8. The number of sulfonamides is 1. The number of carbonyl (C=O) groups excluding carboxylic acids is 2. The van der Waals surface area contributed by atoms with Gasteiger partial charge in [0.15, 0.2) is 0 Å². The quantitative estimate of drug-likeness (QED) is 0.509. The van der Waals surface area contributed by atoms with Gasteiger partial charge in [0.2, 0.25) is 21.8 Å². The van der Waals surface area contributed by atoms with Crippen LogP contribution in [-0.4, -0.2) is 99.4 Å². The molecule has 5 rings (SSSR count). The lowest BCUT2D eigenvalue weighted by molar-refractivity contribution is -0.145. The van der Waals surface area contributed by atoms with Crippen molar-refractivity contribution < 1.29 is 18.0 Å². The van der Waals surface area contributed by atoms with E-state index in [0.717, 1.165) is 48.0 Å². The molecule has 2 N–H and O–H groups in total. The van der Waals surface area contributed by atoms with Gasteiger partial charge in [-0.15, -0.1) is 0 Å². The topological polar surface area (TPSA) is 102 Å². The number of halogens is 1. The second kappa shape index (κ2) is 11.4. The van der Waals surface area contributed by atoms with Gasteiger partial charge in [0.25, 0.3) is 0 Å². The molecule has 0 aromatic heterocycles. The molecule has 0 saturated carbocycles. The molecule has 0 bridgehead atoms. The number of piperazine rings is 1.